The molecular formula is C3H5O2Tl. The molecule has 0 aliphatic rings. The van der Waals surface area contributed by atoms with Crippen LogP contribution in [-0.2, 0) is 4.79 Å². The maximum absolute atomic E-state index is 9.26. The van der Waals surface area contributed by atoms with Gasteiger partial charge in [-0.25, -0.2) is 0 Å². The van der Waals surface area contributed by atoms with Crippen LogP contribution < -0.4 is 5.11 Å². The second-order valence-electron chi connectivity index (χ2n) is 0.726. The van der Waals surface area contributed by atoms with E-state index in [0.29, 0.717) is 0 Å². The fourth-order valence-electron chi connectivity index (χ4n) is 0. The van der Waals surface area contributed by atoms with Gasteiger partial charge < -0.3 is 9.90 Å². The molecule has 0 bridgehead atoms. The Labute approximate surface area is 56.7 Å². The van der Waals surface area contributed by atoms with Crippen molar-refractivity contribution in [1.82, 2.24) is 0 Å². The topological polar surface area (TPSA) is 40.1 Å². The van der Waals surface area contributed by atoms with E-state index in [2.05, 4.69) is 0 Å². The van der Waals surface area contributed by atoms with Gasteiger partial charge in [-0.3, -0.25) is 0 Å². The smallest absolute Gasteiger partial charge is 0.550 e. The van der Waals surface area contributed by atoms with Crippen LogP contribution in [0.25, 0.3) is 0 Å². The van der Waals surface area contributed by atoms with Crippen LogP contribution in [0.4, 0.5) is 0 Å². The van der Waals surface area contributed by atoms with E-state index in [0.717, 1.165) is 0 Å². The van der Waals surface area contributed by atoms with Gasteiger partial charge in [0, 0.05) is 5.97 Å². The molecule has 0 aliphatic heterocycles. The molecule has 0 rings (SSSR count). The normalized spacial score (nSPS) is 6.17. The maximum atomic E-state index is 9.26. The number of aliphatic carboxylic acids is 1. The second-order valence-corrected chi connectivity index (χ2v) is 0.726. The van der Waals surface area contributed by atoms with Gasteiger partial charge in [0.1, 0.15) is 0 Å². The molecule has 0 saturated carbocycles. The summed E-state index contributed by atoms with van der Waals surface area (Å²) in [6.07, 6.45) is 0.111. The van der Waals surface area contributed by atoms with Crippen LogP contribution in [0.3, 0.4) is 0 Å². The molecule has 0 aliphatic carbocycles. The minimum absolute atomic E-state index is 0. The van der Waals surface area contributed by atoms with Gasteiger partial charge in [-0.1, -0.05) is 6.92 Å². The first-order chi connectivity index (χ1) is 2.27. The molecule has 0 amide bonds. The Morgan fingerprint density at radius 2 is 2.00 bits per heavy atom. The van der Waals surface area contributed by atoms with Crippen molar-refractivity contribution in [1.29, 1.82) is 0 Å². The molecule has 0 radical (unpaired) electrons. The Bertz CT molecular complexity index is 44.1. The monoisotopic (exact) mass is 278 g/mol. The molecule has 0 spiro atoms. The SMILES string of the molecule is CCC(=O)[O-].[Tl+]. The summed E-state index contributed by atoms with van der Waals surface area (Å²) < 4.78 is 0. The predicted molar refractivity (Wildman–Crippen MR) is 21.1 cm³/mol. The second kappa shape index (κ2) is 5.39. The van der Waals surface area contributed by atoms with E-state index in [1.54, 1.807) is 0 Å². The van der Waals surface area contributed by atoms with E-state index in [1.807, 2.05) is 0 Å². The first-order valence-electron chi connectivity index (χ1n) is 1.47. The van der Waals surface area contributed by atoms with E-state index < -0.39 is 5.97 Å². The molecule has 0 saturated heterocycles. The van der Waals surface area contributed by atoms with Gasteiger partial charge in [0.25, 0.3) is 0 Å². The summed E-state index contributed by atoms with van der Waals surface area (Å²) in [5.74, 6) is -0.995. The molecular weight excluding hydrogens is 272 g/mol. The quantitative estimate of drug-likeness (QED) is 0.563. The Kier molecular flexibility index (Phi) is 8.66. The Morgan fingerprint density at radius 1 is 1.83 bits per heavy atom. The molecule has 0 aromatic carbocycles. The fourth-order valence-corrected chi connectivity index (χ4v) is 0. The molecule has 0 aromatic heterocycles. The van der Waals surface area contributed by atoms with Crippen molar-refractivity contribution < 1.29 is 9.90 Å². The fraction of sp³-hybridized carbons (Fsp3) is 0.667. The minimum Gasteiger partial charge on any atom is -0.550 e. The van der Waals surface area contributed by atoms with Crippen LogP contribution in [0.15, 0.2) is 0 Å². The number of carboxylic acids is 1. The van der Waals surface area contributed by atoms with Crippen LogP contribution in [0.1, 0.15) is 13.3 Å². The summed E-state index contributed by atoms with van der Waals surface area (Å²) in [5.41, 5.74) is 0. The Balaban J connectivity index is 0. The molecule has 2 nitrogen and oxygen atoms in total. The molecule has 0 aromatic rings. The Hall–Kier alpha value is 0.392. The molecule has 0 heterocycles. The van der Waals surface area contributed by atoms with Crippen molar-refractivity contribution in [3.8, 4) is 0 Å². The third-order valence-corrected chi connectivity index (χ3v) is 0.289. The molecule has 0 N–H and O–H groups in total. The minimum atomic E-state index is -0.995. The van der Waals surface area contributed by atoms with Crippen molar-refractivity contribution in [3.63, 3.8) is 0 Å². The van der Waals surface area contributed by atoms with Gasteiger partial charge in [0.2, 0.25) is 0 Å². The van der Waals surface area contributed by atoms with Gasteiger partial charge in [-0.05, 0) is 6.42 Å². The van der Waals surface area contributed by atoms with Crippen LogP contribution in [-0.4, -0.2) is 33.3 Å². The van der Waals surface area contributed by atoms with Gasteiger partial charge in [0.05, 0.1) is 0 Å². The first-order valence-corrected chi connectivity index (χ1v) is 1.47. The number of carboxylic acid groups (broad SMARTS) is 1. The van der Waals surface area contributed by atoms with E-state index >= 15 is 0 Å². The third kappa shape index (κ3) is 8.83. The third-order valence-electron chi connectivity index (χ3n) is 0.289. The standard InChI is InChI=1S/C3H6O2.Tl/c1-2-3(4)5;/h2H2,1H3,(H,4,5);/q;+1/p-1. The first kappa shape index (κ1) is 9.63. The van der Waals surface area contributed by atoms with Gasteiger partial charge in [-0.2, -0.15) is 0 Å². The average Bonchev–Trinajstić information content (AvgIpc) is 1.38. The van der Waals surface area contributed by atoms with Crippen molar-refractivity contribution >= 4 is 33.3 Å². The largest absolute Gasteiger partial charge is 1.00 e. The van der Waals surface area contributed by atoms with Gasteiger partial charge in [0.15, 0.2) is 0 Å². The molecule has 0 fully saturated rings. The van der Waals surface area contributed by atoms with Crippen LogP contribution in [0.2, 0.25) is 0 Å². The van der Waals surface area contributed by atoms with E-state index in [4.69, 9.17) is 0 Å². The van der Waals surface area contributed by atoms with Crippen molar-refractivity contribution in [3.05, 3.63) is 0 Å². The van der Waals surface area contributed by atoms with Crippen molar-refractivity contribution in [2.75, 3.05) is 0 Å². The summed E-state index contributed by atoms with van der Waals surface area (Å²) in [4.78, 5) is 9.26. The number of hydrogen-bond acceptors (Lipinski definition) is 2. The Morgan fingerprint density at radius 3 is 2.00 bits per heavy atom. The molecule has 32 valence electrons. The number of carbonyl (C=O) groups excluding carboxylic acids is 1. The zero-order chi connectivity index (χ0) is 4.28. The van der Waals surface area contributed by atoms with Crippen LogP contribution in [0, 0.1) is 0 Å². The summed E-state index contributed by atoms with van der Waals surface area (Å²) in [7, 11) is 0. The summed E-state index contributed by atoms with van der Waals surface area (Å²) >= 11 is 0. The summed E-state index contributed by atoms with van der Waals surface area (Å²) in [6, 6.07) is 0. The summed E-state index contributed by atoms with van der Waals surface area (Å²) in [5, 5.41) is 9.26. The number of hydrogen-bond donors (Lipinski definition) is 0. The number of carbonyl (C=O) groups is 1. The molecule has 3 heteroatoms. The molecule has 0 atom stereocenters. The van der Waals surface area contributed by atoms with E-state index in [-0.39, 0.29) is 33.7 Å². The van der Waals surface area contributed by atoms with Gasteiger partial charge >= 0.3 is 27.3 Å². The average molecular weight is 277 g/mol. The van der Waals surface area contributed by atoms with Crippen molar-refractivity contribution in [2.45, 2.75) is 13.3 Å². The zero-order valence-electron chi connectivity index (χ0n) is 3.60. The van der Waals surface area contributed by atoms with Crippen LogP contribution >= 0.6 is 0 Å². The zero-order valence-corrected chi connectivity index (χ0v) is 8.09. The van der Waals surface area contributed by atoms with E-state index in [9.17, 15) is 9.90 Å². The van der Waals surface area contributed by atoms with Gasteiger partial charge in [-0.15, -0.1) is 0 Å². The molecule has 6 heavy (non-hydrogen) atoms. The van der Waals surface area contributed by atoms with Crippen molar-refractivity contribution in [2.24, 2.45) is 0 Å². The maximum Gasteiger partial charge on any atom is 1.00 e. The predicted octanol–water partition coefficient (Wildman–Crippen LogP) is -1.23. The van der Waals surface area contributed by atoms with Crippen LogP contribution in [0.5, 0.6) is 0 Å². The number of rotatable bonds is 1. The summed E-state index contributed by atoms with van der Waals surface area (Å²) in [6.45, 7) is 1.54. The van der Waals surface area contributed by atoms with E-state index in [1.165, 1.54) is 6.92 Å². The molecule has 0 unspecified atom stereocenters.